The highest BCUT2D eigenvalue weighted by Crippen LogP contribution is 2.30. The van der Waals surface area contributed by atoms with E-state index in [1.54, 1.807) is 12.1 Å². The molecule has 2 nitrogen and oxygen atoms in total. The summed E-state index contributed by atoms with van der Waals surface area (Å²) < 4.78 is 20.7. The molecule has 0 aliphatic carbocycles. The van der Waals surface area contributed by atoms with Gasteiger partial charge in [0.25, 0.3) is 0 Å². The van der Waals surface area contributed by atoms with Crippen LogP contribution in [-0.4, -0.2) is 0 Å². The van der Waals surface area contributed by atoms with Gasteiger partial charge in [0, 0.05) is 9.86 Å². The fraction of sp³-hybridized carbons (Fsp3) is 0.125. The molecule has 2 aromatic carbocycles. The van der Waals surface area contributed by atoms with E-state index in [0.717, 1.165) is 21.2 Å². The van der Waals surface area contributed by atoms with Crippen molar-refractivity contribution < 1.29 is 8.81 Å². The Labute approximate surface area is 135 Å². The van der Waals surface area contributed by atoms with Crippen molar-refractivity contribution >= 4 is 44.2 Å². The topological polar surface area (TPSA) is 25.2 Å². The lowest BCUT2D eigenvalue weighted by atomic mass is 10.2. The number of hydrogen-bond donors (Lipinski definition) is 1. The Kier molecular flexibility index (Phi) is 3.91. The van der Waals surface area contributed by atoms with Gasteiger partial charge in [-0.2, -0.15) is 0 Å². The van der Waals surface area contributed by atoms with E-state index in [0.29, 0.717) is 5.69 Å². The Morgan fingerprint density at radius 2 is 2.05 bits per heavy atom. The molecule has 0 bridgehead atoms. The highest BCUT2D eigenvalue weighted by Gasteiger charge is 2.14. The molecule has 1 heterocycles. The van der Waals surface area contributed by atoms with Crippen LogP contribution in [0, 0.1) is 5.82 Å². The van der Waals surface area contributed by atoms with Gasteiger partial charge in [0.05, 0.1) is 16.8 Å². The smallest absolute Gasteiger partial charge is 0.164 e. The van der Waals surface area contributed by atoms with E-state index in [1.165, 1.54) is 6.07 Å². The molecule has 3 aromatic rings. The molecule has 0 radical (unpaired) electrons. The van der Waals surface area contributed by atoms with E-state index in [4.69, 9.17) is 16.0 Å². The second-order valence-electron chi connectivity index (χ2n) is 4.80. The molecule has 1 atom stereocenters. The first-order chi connectivity index (χ1) is 10.0. The molecule has 0 saturated heterocycles. The maximum absolute atomic E-state index is 13.9. The van der Waals surface area contributed by atoms with E-state index < -0.39 is 5.82 Å². The average molecular weight is 369 g/mol. The molecule has 0 saturated carbocycles. The number of halogens is 3. The summed E-state index contributed by atoms with van der Waals surface area (Å²) in [5.74, 6) is 0.285. The lowest BCUT2D eigenvalue weighted by molar-refractivity contribution is 0.524. The van der Waals surface area contributed by atoms with Crippen molar-refractivity contribution in [3.8, 4) is 0 Å². The molecule has 1 N–H and O–H groups in total. The van der Waals surface area contributed by atoms with Crippen LogP contribution in [0.1, 0.15) is 18.7 Å². The van der Waals surface area contributed by atoms with E-state index in [1.807, 2.05) is 31.2 Å². The summed E-state index contributed by atoms with van der Waals surface area (Å²) in [5, 5.41) is 4.18. The van der Waals surface area contributed by atoms with Crippen molar-refractivity contribution in [2.45, 2.75) is 13.0 Å². The standard InChI is InChI=1S/C16H12BrClFNO/c1-9(20-13-4-2-3-12(18)16(13)19)15-8-10-7-11(17)5-6-14(10)21-15/h2-9,20H,1H3. The van der Waals surface area contributed by atoms with Crippen LogP contribution in [0.2, 0.25) is 5.02 Å². The Bertz CT molecular complexity index is 802. The zero-order valence-corrected chi connectivity index (χ0v) is 13.5. The van der Waals surface area contributed by atoms with Crippen molar-refractivity contribution in [2.24, 2.45) is 0 Å². The number of furan rings is 1. The SMILES string of the molecule is CC(Nc1cccc(Cl)c1F)c1cc2cc(Br)ccc2o1. The molecule has 108 valence electrons. The molecular weight excluding hydrogens is 357 g/mol. The molecule has 0 amide bonds. The molecule has 3 rings (SSSR count). The number of rotatable bonds is 3. The minimum atomic E-state index is -0.454. The van der Waals surface area contributed by atoms with Gasteiger partial charge in [-0.1, -0.05) is 33.6 Å². The van der Waals surface area contributed by atoms with Crippen LogP contribution in [0.25, 0.3) is 11.0 Å². The number of anilines is 1. The van der Waals surface area contributed by atoms with Crippen molar-refractivity contribution in [1.82, 2.24) is 0 Å². The molecule has 0 spiro atoms. The summed E-state index contributed by atoms with van der Waals surface area (Å²) in [7, 11) is 0. The fourth-order valence-electron chi connectivity index (χ4n) is 2.17. The Morgan fingerprint density at radius 3 is 2.86 bits per heavy atom. The largest absolute Gasteiger partial charge is 0.459 e. The van der Waals surface area contributed by atoms with E-state index >= 15 is 0 Å². The lowest BCUT2D eigenvalue weighted by Gasteiger charge is -2.13. The Hall–Kier alpha value is -1.52. The molecule has 1 unspecified atom stereocenters. The summed E-state index contributed by atoms with van der Waals surface area (Å²) in [5.41, 5.74) is 1.16. The van der Waals surface area contributed by atoms with Crippen LogP contribution in [0.5, 0.6) is 0 Å². The highest BCUT2D eigenvalue weighted by atomic mass is 79.9. The first kappa shape index (κ1) is 14.4. The molecule has 1 aromatic heterocycles. The summed E-state index contributed by atoms with van der Waals surface area (Å²) in [6.45, 7) is 1.91. The second kappa shape index (κ2) is 5.70. The number of fused-ring (bicyclic) bond motifs is 1. The monoisotopic (exact) mass is 367 g/mol. The van der Waals surface area contributed by atoms with Gasteiger partial charge in [-0.15, -0.1) is 0 Å². The Balaban J connectivity index is 1.89. The van der Waals surface area contributed by atoms with Gasteiger partial charge in [-0.25, -0.2) is 4.39 Å². The number of benzene rings is 2. The maximum atomic E-state index is 13.9. The third-order valence-corrected chi connectivity index (χ3v) is 4.03. The van der Waals surface area contributed by atoms with Gasteiger partial charge in [0.2, 0.25) is 0 Å². The predicted octanol–water partition coefficient (Wildman–Crippen LogP) is 6.16. The van der Waals surface area contributed by atoms with Crippen LogP contribution >= 0.6 is 27.5 Å². The van der Waals surface area contributed by atoms with Gasteiger partial charge >= 0.3 is 0 Å². The van der Waals surface area contributed by atoms with E-state index in [-0.39, 0.29) is 11.1 Å². The zero-order chi connectivity index (χ0) is 15.0. The van der Waals surface area contributed by atoms with Gasteiger partial charge in [-0.05, 0) is 43.3 Å². The first-order valence-corrected chi connectivity index (χ1v) is 7.61. The van der Waals surface area contributed by atoms with Crippen LogP contribution in [0.3, 0.4) is 0 Å². The van der Waals surface area contributed by atoms with E-state index in [2.05, 4.69) is 21.2 Å². The summed E-state index contributed by atoms with van der Waals surface area (Å²) in [6.07, 6.45) is 0. The number of hydrogen-bond acceptors (Lipinski definition) is 2. The summed E-state index contributed by atoms with van der Waals surface area (Å²) in [6, 6.07) is 12.4. The normalized spacial score (nSPS) is 12.6. The maximum Gasteiger partial charge on any atom is 0.164 e. The van der Waals surface area contributed by atoms with Gasteiger partial charge in [0.15, 0.2) is 5.82 Å². The van der Waals surface area contributed by atoms with Crippen molar-refractivity contribution in [2.75, 3.05) is 5.32 Å². The van der Waals surface area contributed by atoms with Crippen LogP contribution < -0.4 is 5.32 Å². The molecule has 0 aliphatic heterocycles. The van der Waals surface area contributed by atoms with Crippen LogP contribution in [0.4, 0.5) is 10.1 Å². The Morgan fingerprint density at radius 1 is 1.24 bits per heavy atom. The van der Waals surface area contributed by atoms with Crippen molar-refractivity contribution in [3.63, 3.8) is 0 Å². The van der Waals surface area contributed by atoms with Crippen LogP contribution in [0.15, 0.2) is 51.4 Å². The second-order valence-corrected chi connectivity index (χ2v) is 6.12. The number of nitrogens with one attached hydrogen (secondary N) is 1. The molecular formula is C16H12BrClFNO. The zero-order valence-electron chi connectivity index (χ0n) is 11.2. The minimum Gasteiger partial charge on any atom is -0.459 e. The highest BCUT2D eigenvalue weighted by molar-refractivity contribution is 9.10. The fourth-order valence-corrected chi connectivity index (χ4v) is 2.72. The van der Waals surface area contributed by atoms with Gasteiger partial charge in [-0.3, -0.25) is 0 Å². The van der Waals surface area contributed by atoms with Gasteiger partial charge < -0.3 is 9.73 Å². The van der Waals surface area contributed by atoms with E-state index in [9.17, 15) is 4.39 Å². The summed E-state index contributed by atoms with van der Waals surface area (Å²) in [4.78, 5) is 0. The molecule has 0 fully saturated rings. The minimum absolute atomic E-state index is 0.0979. The third-order valence-electron chi connectivity index (χ3n) is 3.25. The van der Waals surface area contributed by atoms with Crippen molar-refractivity contribution in [1.29, 1.82) is 0 Å². The molecule has 0 aliphatic rings. The predicted molar refractivity (Wildman–Crippen MR) is 87.4 cm³/mol. The van der Waals surface area contributed by atoms with Crippen LogP contribution in [-0.2, 0) is 0 Å². The van der Waals surface area contributed by atoms with Crippen molar-refractivity contribution in [3.05, 3.63) is 63.5 Å². The lowest BCUT2D eigenvalue weighted by Crippen LogP contribution is -2.07. The average Bonchev–Trinajstić information content (AvgIpc) is 2.87. The quantitative estimate of drug-likeness (QED) is 0.599. The summed E-state index contributed by atoms with van der Waals surface area (Å²) >= 11 is 9.21. The van der Waals surface area contributed by atoms with Gasteiger partial charge in [0.1, 0.15) is 11.3 Å². The first-order valence-electron chi connectivity index (χ1n) is 6.44. The third kappa shape index (κ3) is 2.92. The molecule has 21 heavy (non-hydrogen) atoms. The molecule has 5 heteroatoms.